The van der Waals surface area contributed by atoms with E-state index in [2.05, 4.69) is 20.4 Å². The van der Waals surface area contributed by atoms with E-state index < -0.39 is 18.3 Å². The van der Waals surface area contributed by atoms with E-state index >= 15 is 0 Å². The lowest BCUT2D eigenvalue weighted by Gasteiger charge is -2.41. The van der Waals surface area contributed by atoms with Crippen molar-refractivity contribution in [2.75, 3.05) is 49.5 Å². The number of ether oxygens (including phenoxy) is 1. The topological polar surface area (TPSA) is 97.3 Å². The number of nitrogens with one attached hydrogen (secondary N) is 2. The first kappa shape index (κ1) is 22.0. The van der Waals surface area contributed by atoms with Gasteiger partial charge in [-0.05, 0) is 35.7 Å². The van der Waals surface area contributed by atoms with E-state index in [0.29, 0.717) is 13.1 Å². The van der Waals surface area contributed by atoms with Crippen LogP contribution in [0, 0.1) is 5.82 Å². The number of hydrogen-bond donors (Lipinski definition) is 4. The molecular formula is C21H27FN4O4S. The minimum atomic E-state index is -0.853. The highest BCUT2D eigenvalue weighted by Gasteiger charge is 2.46. The van der Waals surface area contributed by atoms with Gasteiger partial charge in [0.25, 0.3) is 0 Å². The van der Waals surface area contributed by atoms with E-state index in [0.717, 1.165) is 24.5 Å². The molecule has 4 N–H and O–H groups in total. The molecule has 4 atom stereocenters. The lowest BCUT2D eigenvalue weighted by molar-refractivity contribution is -0.0205. The summed E-state index contributed by atoms with van der Waals surface area (Å²) in [5.41, 5.74) is 1.68. The minimum Gasteiger partial charge on any atom is -0.394 e. The molecule has 2 fully saturated rings. The van der Waals surface area contributed by atoms with Gasteiger partial charge < -0.3 is 30.5 Å². The fourth-order valence-corrected chi connectivity index (χ4v) is 4.82. The van der Waals surface area contributed by atoms with E-state index in [1.165, 1.54) is 23.5 Å². The molecule has 0 bridgehead atoms. The predicted octanol–water partition coefficient (Wildman–Crippen LogP) is 1.32. The van der Waals surface area contributed by atoms with Gasteiger partial charge in [-0.25, -0.2) is 9.18 Å². The van der Waals surface area contributed by atoms with Gasteiger partial charge in [-0.1, -0.05) is 0 Å². The number of rotatable bonds is 6. The molecule has 1 aromatic heterocycles. The van der Waals surface area contributed by atoms with Gasteiger partial charge in [0.2, 0.25) is 0 Å². The molecule has 3 heterocycles. The number of aliphatic hydroxyl groups is 2. The number of halogens is 1. The second-order valence-corrected chi connectivity index (χ2v) is 8.50. The molecule has 31 heavy (non-hydrogen) atoms. The second kappa shape index (κ2) is 9.92. The molecule has 2 saturated heterocycles. The number of nitrogens with zero attached hydrogens (tertiary/aromatic N) is 2. The number of anilines is 2. The molecular weight excluding hydrogens is 423 g/mol. The fourth-order valence-electron chi connectivity index (χ4n) is 4.23. The summed E-state index contributed by atoms with van der Waals surface area (Å²) in [4.78, 5) is 16.5. The smallest absolute Gasteiger partial charge is 0.319 e. The Hall–Kier alpha value is -2.24. The number of carbonyl (C=O) groups is 1. The Morgan fingerprint density at radius 1 is 1.16 bits per heavy atom. The molecule has 0 radical (unpaired) electrons. The van der Waals surface area contributed by atoms with Gasteiger partial charge in [0, 0.05) is 43.8 Å². The number of piperazine rings is 1. The molecule has 0 spiro atoms. The van der Waals surface area contributed by atoms with Gasteiger partial charge in [-0.15, -0.1) is 0 Å². The Balaban J connectivity index is 1.35. The molecule has 2 aromatic rings. The Morgan fingerprint density at radius 2 is 1.90 bits per heavy atom. The van der Waals surface area contributed by atoms with Gasteiger partial charge in [0.1, 0.15) is 18.0 Å². The van der Waals surface area contributed by atoms with Gasteiger partial charge in [-0.3, -0.25) is 4.90 Å². The molecule has 2 aliphatic rings. The van der Waals surface area contributed by atoms with E-state index in [1.54, 1.807) is 12.1 Å². The summed E-state index contributed by atoms with van der Waals surface area (Å²) in [5.74, 6) is -0.262. The molecule has 4 rings (SSSR count). The average molecular weight is 451 g/mol. The quantitative estimate of drug-likeness (QED) is 0.530. The monoisotopic (exact) mass is 450 g/mol. The zero-order valence-electron chi connectivity index (χ0n) is 17.0. The van der Waals surface area contributed by atoms with Crippen LogP contribution in [0.5, 0.6) is 0 Å². The first-order valence-corrected chi connectivity index (χ1v) is 11.3. The van der Waals surface area contributed by atoms with E-state index in [-0.39, 0.29) is 31.0 Å². The lowest BCUT2D eigenvalue weighted by Crippen LogP contribution is -2.57. The molecule has 8 nitrogen and oxygen atoms in total. The SMILES string of the molecule is O=C(NC[C@H]1O[C@@H](CO)[C@@H](O)[C@@H]1N1CCN(c2ccc(F)cc2)CC1)Nc1ccsc1. The van der Waals surface area contributed by atoms with Crippen molar-refractivity contribution >= 4 is 28.7 Å². The van der Waals surface area contributed by atoms with Crippen LogP contribution >= 0.6 is 11.3 Å². The van der Waals surface area contributed by atoms with E-state index in [4.69, 9.17) is 4.74 Å². The molecule has 0 aliphatic carbocycles. The standard InChI is InChI=1S/C21H27FN4O4S/c22-14-1-3-16(4-2-14)25-6-8-26(9-7-25)19-17(30-18(12-27)20(19)28)11-23-21(29)24-15-5-10-31-13-15/h1-5,10,13,17-20,27-28H,6-9,11-12H2,(H2,23,24,29)/t17-,18+,19-,20-/m1/s1. The van der Waals surface area contributed by atoms with Crippen LogP contribution in [-0.4, -0.2) is 84.8 Å². The normalized spacial score (nSPS) is 26.7. The van der Waals surface area contributed by atoms with E-state index in [1.807, 2.05) is 16.8 Å². The molecule has 10 heteroatoms. The van der Waals surface area contributed by atoms with Crippen molar-refractivity contribution in [3.8, 4) is 0 Å². The number of aliphatic hydroxyl groups excluding tert-OH is 2. The third kappa shape index (κ3) is 5.16. The third-order valence-corrected chi connectivity index (χ3v) is 6.50. The van der Waals surface area contributed by atoms with Crippen molar-refractivity contribution in [1.29, 1.82) is 0 Å². The molecule has 0 unspecified atom stereocenters. The predicted molar refractivity (Wildman–Crippen MR) is 117 cm³/mol. The largest absolute Gasteiger partial charge is 0.394 e. The zero-order valence-corrected chi connectivity index (χ0v) is 17.8. The van der Waals surface area contributed by atoms with Crippen LogP contribution in [0.15, 0.2) is 41.1 Å². The van der Waals surface area contributed by atoms with Crippen LogP contribution in [0.2, 0.25) is 0 Å². The lowest BCUT2D eigenvalue weighted by atomic mass is 10.0. The number of benzene rings is 1. The summed E-state index contributed by atoms with van der Waals surface area (Å²) in [5, 5.41) is 29.6. The zero-order chi connectivity index (χ0) is 21.8. The number of thiophene rings is 1. The van der Waals surface area contributed by atoms with Crippen molar-refractivity contribution in [2.45, 2.75) is 24.4 Å². The highest BCUT2D eigenvalue weighted by Crippen LogP contribution is 2.27. The summed E-state index contributed by atoms with van der Waals surface area (Å²) in [6.07, 6.45) is -1.99. The molecule has 0 saturated carbocycles. The Labute approximate surface area is 184 Å². The summed E-state index contributed by atoms with van der Waals surface area (Å²) in [7, 11) is 0. The van der Waals surface area contributed by atoms with Crippen molar-refractivity contribution in [2.24, 2.45) is 0 Å². The van der Waals surface area contributed by atoms with Crippen LogP contribution in [0.4, 0.5) is 20.6 Å². The van der Waals surface area contributed by atoms with Gasteiger partial charge >= 0.3 is 6.03 Å². The summed E-state index contributed by atoms with van der Waals surface area (Å²) in [6.45, 7) is 2.72. The first-order valence-electron chi connectivity index (χ1n) is 10.3. The number of hydrogen-bond acceptors (Lipinski definition) is 7. The maximum atomic E-state index is 13.2. The Bertz CT molecular complexity index is 846. The number of urea groups is 1. The van der Waals surface area contributed by atoms with Crippen molar-refractivity contribution in [1.82, 2.24) is 10.2 Å². The maximum absolute atomic E-state index is 13.2. The second-order valence-electron chi connectivity index (χ2n) is 7.72. The molecule has 168 valence electrons. The summed E-state index contributed by atoms with van der Waals surface area (Å²) >= 11 is 1.49. The van der Waals surface area contributed by atoms with Gasteiger partial charge in [0.15, 0.2) is 0 Å². The highest BCUT2D eigenvalue weighted by atomic mass is 32.1. The molecule has 2 amide bonds. The third-order valence-electron chi connectivity index (χ3n) is 5.81. The number of amides is 2. The van der Waals surface area contributed by atoms with Crippen molar-refractivity contribution in [3.63, 3.8) is 0 Å². The summed E-state index contributed by atoms with van der Waals surface area (Å²) in [6, 6.07) is 7.55. The van der Waals surface area contributed by atoms with Crippen molar-refractivity contribution in [3.05, 3.63) is 46.9 Å². The van der Waals surface area contributed by atoms with Crippen LogP contribution in [-0.2, 0) is 4.74 Å². The van der Waals surface area contributed by atoms with Crippen LogP contribution < -0.4 is 15.5 Å². The van der Waals surface area contributed by atoms with Crippen molar-refractivity contribution < 1.29 is 24.1 Å². The fraction of sp³-hybridized carbons (Fsp3) is 0.476. The first-order chi connectivity index (χ1) is 15.0. The molecule has 1 aromatic carbocycles. The minimum absolute atomic E-state index is 0.215. The maximum Gasteiger partial charge on any atom is 0.319 e. The van der Waals surface area contributed by atoms with Crippen LogP contribution in [0.25, 0.3) is 0 Å². The van der Waals surface area contributed by atoms with Crippen LogP contribution in [0.1, 0.15) is 0 Å². The highest BCUT2D eigenvalue weighted by molar-refractivity contribution is 7.08. The summed E-state index contributed by atoms with van der Waals surface area (Å²) < 4.78 is 19.1. The molecule has 2 aliphatic heterocycles. The Kier molecular flexibility index (Phi) is 7.03. The van der Waals surface area contributed by atoms with Gasteiger partial charge in [-0.2, -0.15) is 11.3 Å². The van der Waals surface area contributed by atoms with Gasteiger partial charge in [0.05, 0.1) is 24.4 Å². The van der Waals surface area contributed by atoms with Crippen LogP contribution in [0.3, 0.4) is 0 Å². The van der Waals surface area contributed by atoms with E-state index in [9.17, 15) is 19.4 Å². The average Bonchev–Trinajstić information content (AvgIpc) is 3.40. The Morgan fingerprint density at radius 3 is 2.55 bits per heavy atom. The number of carbonyl (C=O) groups excluding carboxylic acids is 1.